The van der Waals surface area contributed by atoms with Gasteiger partial charge in [0.1, 0.15) is 0 Å². The molecule has 0 spiro atoms. The quantitative estimate of drug-likeness (QED) is 0.589. The number of likely N-dealkylation sites (N-methyl/N-ethyl adjacent to an activating group) is 1. The third kappa shape index (κ3) is 4.60. The summed E-state index contributed by atoms with van der Waals surface area (Å²) in [4.78, 5) is 12.9. The van der Waals surface area contributed by atoms with Gasteiger partial charge in [0.05, 0.1) is 11.0 Å². The minimum atomic E-state index is -0.414. The van der Waals surface area contributed by atoms with Gasteiger partial charge in [-0.15, -0.1) is 0 Å². The van der Waals surface area contributed by atoms with E-state index in [1.165, 1.54) is 18.9 Å². The molecule has 0 heterocycles. The first-order valence-electron chi connectivity index (χ1n) is 7.36. The minimum absolute atomic E-state index is 0.00403. The van der Waals surface area contributed by atoms with Gasteiger partial charge in [0.2, 0.25) is 0 Å². The molecule has 6 nitrogen and oxygen atoms in total. The molecule has 2 rings (SSSR count). The van der Waals surface area contributed by atoms with E-state index in [-0.39, 0.29) is 11.8 Å². The number of anilines is 1. The molecule has 0 bridgehead atoms. The van der Waals surface area contributed by atoms with Crippen LogP contribution in [0.15, 0.2) is 18.2 Å². The van der Waals surface area contributed by atoms with Crippen molar-refractivity contribution in [3.63, 3.8) is 0 Å². The summed E-state index contributed by atoms with van der Waals surface area (Å²) in [5, 5.41) is 14.3. The van der Waals surface area contributed by atoms with Crippen LogP contribution in [0.5, 0.6) is 5.75 Å². The predicted octanol–water partition coefficient (Wildman–Crippen LogP) is 2.89. The normalized spacial score (nSPS) is 14.5. The van der Waals surface area contributed by atoms with Crippen LogP contribution >= 0.6 is 0 Å². The first kappa shape index (κ1) is 15.6. The molecule has 1 aromatic carbocycles. The van der Waals surface area contributed by atoms with Gasteiger partial charge < -0.3 is 15.0 Å². The highest BCUT2D eigenvalue weighted by molar-refractivity contribution is 5.58. The van der Waals surface area contributed by atoms with Crippen LogP contribution in [0, 0.1) is 10.1 Å². The van der Waals surface area contributed by atoms with E-state index in [1.54, 1.807) is 12.1 Å². The third-order valence-electron chi connectivity index (χ3n) is 3.48. The van der Waals surface area contributed by atoms with Crippen molar-refractivity contribution in [2.75, 3.05) is 25.5 Å². The van der Waals surface area contributed by atoms with E-state index in [9.17, 15) is 10.1 Å². The lowest BCUT2D eigenvalue weighted by atomic mass is 10.2. The van der Waals surface area contributed by atoms with Crippen LogP contribution in [0.4, 0.5) is 11.4 Å². The van der Waals surface area contributed by atoms with Crippen molar-refractivity contribution < 1.29 is 9.66 Å². The van der Waals surface area contributed by atoms with E-state index in [1.807, 2.05) is 13.8 Å². The van der Waals surface area contributed by atoms with Gasteiger partial charge in [-0.05, 0) is 39.8 Å². The first-order valence-corrected chi connectivity index (χ1v) is 7.36. The van der Waals surface area contributed by atoms with Gasteiger partial charge in [0, 0.05) is 37.0 Å². The number of ether oxygens (including phenoxy) is 1. The number of nitrogens with zero attached hydrogens (tertiary/aromatic N) is 2. The molecule has 1 aliphatic carbocycles. The van der Waals surface area contributed by atoms with E-state index in [4.69, 9.17) is 4.74 Å². The Labute approximate surface area is 125 Å². The average molecular weight is 293 g/mol. The fraction of sp³-hybridized carbons (Fsp3) is 0.600. The van der Waals surface area contributed by atoms with Crippen molar-refractivity contribution in [3.05, 3.63) is 28.3 Å². The molecule has 116 valence electrons. The second kappa shape index (κ2) is 6.76. The van der Waals surface area contributed by atoms with Crippen molar-refractivity contribution in [2.24, 2.45) is 0 Å². The van der Waals surface area contributed by atoms with E-state index in [2.05, 4.69) is 17.3 Å². The highest BCUT2D eigenvalue weighted by Crippen LogP contribution is 2.31. The van der Waals surface area contributed by atoms with Gasteiger partial charge in [-0.1, -0.05) is 0 Å². The molecule has 6 heteroatoms. The minimum Gasteiger partial charge on any atom is -0.484 e. The average Bonchev–Trinajstić information content (AvgIpc) is 3.22. The Kier molecular flexibility index (Phi) is 5.01. The number of hydrogen-bond acceptors (Lipinski definition) is 5. The lowest BCUT2D eigenvalue weighted by molar-refractivity contribution is -0.386. The first-order chi connectivity index (χ1) is 9.97. The zero-order valence-electron chi connectivity index (χ0n) is 12.8. The molecule has 0 saturated heterocycles. The van der Waals surface area contributed by atoms with Crippen LogP contribution in [0.25, 0.3) is 0 Å². The smallest absolute Gasteiger partial charge is 0.311 e. The number of nitrogens with one attached hydrogen (secondary N) is 1. The van der Waals surface area contributed by atoms with Crippen LogP contribution in [0.2, 0.25) is 0 Å². The number of nitro groups is 1. The zero-order valence-corrected chi connectivity index (χ0v) is 12.8. The Balaban J connectivity index is 1.97. The molecule has 0 radical (unpaired) electrons. The second-order valence-electron chi connectivity index (χ2n) is 5.74. The molecule has 1 fully saturated rings. The van der Waals surface area contributed by atoms with E-state index in [0.717, 1.165) is 24.8 Å². The van der Waals surface area contributed by atoms with Gasteiger partial charge >= 0.3 is 5.69 Å². The second-order valence-corrected chi connectivity index (χ2v) is 5.74. The molecule has 1 N–H and O–H groups in total. The van der Waals surface area contributed by atoms with Gasteiger partial charge in [0.15, 0.2) is 5.75 Å². The predicted molar refractivity (Wildman–Crippen MR) is 83.0 cm³/mol. The summed E-state index contributed by atoms with van der Waals surface area (Å²) in [6.07, 6.45) is 2.49. The molecule has 1 aliphatic rings. The summed E-state index contributed by atoms with van der Waals surface area (Å²) < 4.78 is 5.53. The summed E-state index contributed by atoms with van der Waals surface area (Å²) in [5.74, 6) is 0.315. The third-order valence-corrected chi connectivity index (χ3v) is 3.48. The van der Waals surface area contributed by atoms with Gasteiger partial charge in [0.25, 0.3) is 0 Å². The van der Waals surface area contributed by atoms with Crippen molar-refractivity contribution in [2.45, 2.75) is 38.8 Å². The maximum absolute atomic E-state index is 11.0. The molecule has 21 heavy (non-hydrogen) atoms. The number of rotatable bonds is 8. The van der Waals surface area contributed by atoms with Gasteiger partial charge in [-0.3, -0.25) is 10.1 Å². The van der Waals surface area contributed by atoms with E-state index >= 15 is 0 Å². The summed E-state index contributed by atoms with van der Waals surface area (Å²) in [5.41, 5.74) is 0.852. The largest absolute Gasteiger partial charge is 0.484 e. The van der Waals surface area contributed by atoms with Gasteiger partial charge in [-0.25, -0.2) is 0 Å². The molecule has 0 aromatic heterocycles. The summed E-state index contributed by atoms with van der Waals surface area (Å²) in [6, 6.07) is 5.66. The highest BCUT2D eigenvalue weighted by atomic mass is 16.6. The SMILES string of the molecule is CC(C)Oc1cc(NCCN(C)C2CC2)ccc1[N+](=O)[O-]. The number of nitro benzene ring substituents is 1. The standard InChI is InChI=1S/C15H23N3O3/c1-11(2)21-15-10-12(4-7-14(15)18(19)20)16-8-9-17(3)13-5-6-13/h4,7,10-11,13,16H,5-6,8-9H2,1-3H3. The van der Waals surface area contributed by atoms with Crippen LogP contribution in [-0.4, -0.2) is 42.1 Å². The van der Waals surface area contributed by atoms with E-state index in [0.29, 0.717) is 5.75 Å². The maximum atomic E-state index is 11.0. The molecule has 0 unspecified atom stereocenters. The summed E-state index contributed by atoms with van der Waals surface area (Å²) in [7, 11) is 2.13. The fourth-order valence-corrected chi connectivity index (χ4v) is 2.20. The topological polar surface area (TPSA) is 67.6 Å². The Morgan fingerprint density at radius 2 is 2.19 bits per heavy atom. The van der Waals surface area contributed by atoms with Crippen LogP contribution in [-0.2, 0) is 0 Å². The van der Waals surface area contributed by atoms with Crippen LogP contribution < -0.4 is 10.1 Å². The molecule has 1 aromatic rings. The molecule has 0 amide bonds. The van der Waals surface area contributed by atoms with E-state index < -0.39 is 4.92 Å². The monoisotopic (exact) mass is 293 g/mol. The molecule has 0 aliphatic heterocycles. The van der Waals surface area contributed by atoms with Crippen molar-refractivity contribution in [1.82, 2.24) is 4.90 Å². The summed E-state index contributed by atoms with van der Waals surface area (Å²) >= 11 is 0. The molecular weight excluding hydrogens is 270 g/mol. The molecular formula is C15H23N3O3. The number of benzene rings is 1. The van der Waals surface area contributed by atoms with Crippen LogP contribution in [0.1, 0.15) is 26.7 Å². The lowest BCUT2D eigenvalue weighted by Crippen LogP contribution is -2.27. The van der Waals surface area contributed by atoms with Crippen molar-refractivity contribution in [3.8, 4) is 5.75 Å². The maximum Gasteiger partial charge on any atom is 0.311 e. The van der Waals surface area contributed by atoms with Crippen molar-refractivity contribution in [1.29, 1.82) is 0 Å². The Morgan fingerprint density at radius 1 is 1.48 bits per heavy atom. The zero-order chi connectivity index (χ0) is 15.4. The lowest BCUT2D eigenvalue weighted by Gasteiger charge is -2.17. The fourth-order valence-electron chi connectivity index (χ4n) is 2.20. The summed E-state index contributed by atoms with van der Waals surface area (Å²) in [6.45, 7) is 5.48. The molecule has 1 saturated carbocycles. The van der Waals surface area contributed by atoms with Crippen molar-refractivity contribution >= 4 is 11.4 Å². The number of hydrogen-bond donors (Lipinski definition) is 1. The molecule has 0 atom stereocenters. The highest BCUT2D eigenvalue weighted by Gasteiger charge is 2.25. The van der Waals surface area contributed by atoms with Gasteiger partial charge in [-0.2, -0.15) is 0 Å². The Bertz CT molecular complexity index is 501. The Morgan fingerprint density at radius 3 is 2.76 bits per heavy atom. The Hall–Kier alpha value is -1.82. The van der Waals surface area contributed by atoms with Crippen LogP contribution in [0.3, 0.4) is 0 Å².